The molecule has 1 aromatic heterocycles. The number of hydrogen-bond acceptors (Lipinski definition) is 4. The van der Waals surface area contributed by atoms with Gasteiger partial charge in [-0.1, -0.05) is 18.5 Å². The first-order valence-electron chi connectivity index (χ1n) is 7.00. The van der Waals surface area contributed by atoms with Gasteiger partial charge in [0.1, 0.15) is 5.82 Å². The Morgan fingerprint density at radius 3 is 2.76 bits per heavy atom. The minimum atomic E-state index is -0.329. The molecule has 0 atom stereocenters. The number of aromatic nitrogens is 1. The molecule has 0 unspecified atom stereocenters. The van der Waals surface area contributed by atoms with Crippen LogP contribution in [0.1, 0.15) is 43.0 Å². The number of rotatable bonds is 9. The molecule has 0 aliphatic rings. The number of primary amides is 1. The summed E-state index contributed by atoms with van der Waals surface area (Å²) in [6.07, 6.45) is 4.10. The van der Waals surface area contributed by atoms with Gasteiger partial charge in [0.2, 0.25) is 5.91 Å². The number of carbonyl (C=O) groups is 2. The van der Waals surface area contributed by atoms with Gasteiger partial charge in [-0.05, 0) is 25.3 Å². The minimum Gasteiger partial charge on any atom is -0.370 e. The molecule has 0 aliphatic carbocycles. The van der Waals surface area contributed by atoms with Gasteiger partial charge in [0.05, 0.1) is 10.6 Å². The number of anilines is 1. The molecular formula is C14H21ClN4O2. The lowest BCUT2D eigenvalue weighted by Gasteiger charge is -2.09. The molecule has 0 saturated heterocycles. The number of amides is 2. The number of carbonyl (C=O) groups excluding carboxylic acids is 2. The van der Waals surface area contributed by atoms with Gasteiger partial charge in [0.15, 0.2) is 0 Å². The Kier molecular flexibility index (Phi) is 7.53. The van der Waals surface area contributed by atoms with E-state index in [0.29, 0.717) is 42.2 Å². The summed E-state index contributed by atoms with van der Waals surface area (Å²) in [5.74, 6) is 0.0475. The second-order valence-corrected chi connectivity index (χ2v) is 5.06. The molecule has 0 spiro atoms. The molecule has 1 aromatic rings. The highest BCUT2D eigenvalue weighted by Gasteiger charge is 2.11. The van der Waals surface area contributed by atoms with Crippen molar-refractivity contribution >= 4 is 29.2 Å². The summed E-state index contributed by atoms with van der Waals surface area (Å²) in [6.45, 7) is 3.30. The predicted octanol–water partition coefficient (Wildman–Crippen LogP) is 1.94. The average Bonchev–Trinajstić information content (AvgIpc) is 2.45. The van der Waals surface area contributed by atoms with Gasteiger partial charge >= 0.3 is 0 Å². The maximum Gasteiger partial charge on any atom is 0.252 e. The van der Waals surface area contributed by atoms with Crippen molar-refractivity contribution in [3.8, 4) is 0 Å². The molecule has 0 radical (unpaired) electrons. The van der Waals surface area contributed by atoms with Gasteiger partial charge < -0.3 is 16.4 Å². The fourth-order valence-electron chi connectivity index (χ4n) is 1.68. The van der Waals surface area contributed by atoms with E-state index in [0.717, 1.165) is 13.0 Å². The number of pyridine rings is 1. The molecule has 0 aromatic carbocycles. The zero-order chi connectivity index (χ0) is 15.7. The highest BCUT2D eigenvalue weighted by atomic mass is 35.5. The van der Waals surface area contributed by atoms with E-state index in [2.05, 4.69) is 15.6 Å². The Labute approximate surface area is 129 Å². The number of hydrogen-bond donors (Lipinski definition) is 3. The van der Waals surface area contributed by atoms with Crippen LogP contribution in [-0.4, -0.2) is 29.9 Å². The maximum atomic E-state index is 12.0. The number of unbranched alkanes of at least 4 members (excludes halogenated alkanes) is 1. The van der Waals surface area contributed by atoms with Crippen LogP contribution in [0, 0.1) is 0 Å². The maximum absolute atomic E-state index is 12.0. The topological polar surface area (TPSA) is 97.1 Å². The molecule has 1 rings (SSSR count). The Bertz CT molecular complexity index is 494. The molecule has 7 heteroatoms. The lowest BCUT2D eigenvalue weighted by Crippen LogP contribution is -2.25. The van der Waals surface area contributed by atoms with Crippen molar-refractivity contribution in [1.29, 1.82) is 0 Å². The second-order valence-electron chi connectivity index (χ2n) is 4.66. The Morgan fingerprint density at radius 2 is 2.10 bits per heavy atom. The number of nitrogens with one attached hydrogen (secondary N) is 2. The van der Waals surface area contributed by atoms with Crippen LogP contribution in [-0.2, 0) is 4.79 Å². The molecule has 116 valence electrons. The van der Waals surface area contributed by atoms with Gasteiger partial charge in [-0.2, -0.15) is 0 Å². The van der Waals surface area contributed by atoms with Crippen LogP contribution >= 0.6 is 11.6 Å². The third-order valence-electron chi connectivity index (χ3n) is 2.79. The second kappa shape index (κ2) is 9.18. The first-order chi connectivity index (χ1) is 10.0. The van der Waals surface area contributed by atoms with Crippen molar-refractivity contribution < 1.29 is 9.59 Å². The van der Waals surface area contributed by atoms with E-state index >= 15 is 0 Å². The first-order valence-corrected chi connectivity index (χ1v) is 7.38. The number of nitrogens with zero attached hydrogens (tertiary/aromatic N) is 1. The SMILES string of the molecule is CCCNc1cc(C(=O)NCCCCC(N)=O)c(Cl)cn1. The monoisotopic (exact) mass is 312 g/mol. The third-order valence-corrected chi connectivity index (χ3v) is 3.09. The van der Waals surface area contributed by atoms with Crippen LogP contribution in [0.2, 0.25) is 5.02 Å². The summed E-state index contributed by atoms with van der Waals surface area (Å²) in [7, 11) is 0. The molecule has 0 bridgehead atoms. The number of halogens is 1. The first kappa shape index (κ1) is 17.2. The van der Waals surface area contributed by atoms with E-state index in [1.54, 1.807) is 6.07 Å². The van der Waals surface area contributed by atoms with E-state index < -0.39 is 0 Å². The summed E-state index contributed by atoms with van der Waals surface area (Å²) in [5, 5.41) is 6.18. The van der Waals surface area contributed by atoms with Crippen LogP contribution in [0.5, 0.6) is 0 Å². The minimum absolute atomic E-state index is 0.249. The summed E-state index contributed by atoms with van der Waals surface area (Å²) in [6, 6.07) is 1.64. The molecular weight excluding hydrogens is 292 g/mol. The van der Waals surface area contributed by atoms with Crippen molar-refractivity contribution in [3.63, 3.8) is 0 Å². The molecule has 1 heterocycles. The van der Waals surface area contributed by atoms with E-state index in [1.807, 2.05) is 6.92 Å². The summed E-state index contributed by atoms with van der Waals surface area (Å²) in [4.78, 5) is 26.7. The quantitative estimate of drug-likeness (QED) is 0.607. The number of nitrogens with two attached hydrogens (primary N) is 1. The lowest BCUT2D eigenvalue weighted by atomic mass is 10.2. The van der Waals surface area contributed by atoms with Crippen molar-refractivity contribution in [1.82, 2.24) is 10.3 Å². The highest BCUT2D eigenvalue weighted by molar-refractivity contribution is 6.33. The molecule has 0 aliphatic heterocycles. The van der Waals surface area contributed by atoms with E-state index in [4.69, 9.17) is 17.3 Å². The normalized spacial score (nSPS) is 10.2. The van der Waals surface area contributed by atoms with Gasteiger partial charge in [-0.25, -0.2) is 4.98 Å². The zero-order valence-electron chi connectivity index (χ0n) is 12.1. The predicted molar refractivity (Wildman–Crippen MR) is 83.4 cm³/mol. The van der Waals surface area contributed by atoms with Crippen molar-refractivity contribution in [3.05, 3.63) is 22.8 Å². The standard InChI is InChI=1S/C14H21ClN4O2/c1-2-6-17-13-8-10(11(15)9-19-13)14(21)18-7-4-3-5-12(16)20/h8-9H,2-7H2,1H3,(H2,16,20)(H,17,19)(H,18,21). The van der Waals surface area contributed by atoms with Gasteiger partial charge in [-0.3, -0.25) is 9.59 Å². The molecule has 0 saturated carbocycles. The lowest BCUT2D eigenvalue weighted by molar-refractivity contribution is -0.118. The van der Waals surface area contributed by atoms with Crippen LogP contribution in [0.25, 0.3) is 0 Å². The zero-order valence-corrected chi connectivity index (χ0v) is 12.9. The van der Waals surface area contributed by atoms with Crippen LogP contribution < -0.4 is 16.4 Å². The largest absolute Gasteiger partial charge is 0.370 e. The Morgan fingerprint density at radius 1 is 1.33 bits per heavy atom. The fourth-order valence-corrected chi connectivity index (χ4v) is 1.87. The van der Waals surface area contributed by atoms with Crippen molar-refractivity contribution in [2.75, 3.05) is 18.4 Å². The van der Waals surface area contributed by atoms with Crippen LogP contribution in [0.3, 0.4) is 0 Å². The van der Waals surface area contributed by atoms with E-state index in [9.17, 15) is 9.59 Å². The molecule has 6 nitrogen and oxygen atoms in total. The van der Waals surface area contributed by atoms with E-state index in [1.165, 1.54) is 6.20 Å². The molecule has 0 fully saturated rings. The molecule has 4 N–H and O–H groups in total. The fraction of sp³-hybridized carbons (Fsp3) is 0.500. The van der Waals surface area contributed by atoms with Crippen LogP contribution in [0.15, 0.2) is 12.3 Å². The third kappa shape index (κ3) is 6.44. The van der Waals surface area contributed by atoms with E-state index in [-0.39, 0.29) is 11.8 Å². The van der Waals surface area contributed by atoms with Crippen molar-refractivity contribution in [2.24, 2.45) is 5.73 Å². The summed E-state index contributed by atoms with van der Waals surface area (Å²) < 4.78 is 0. The molecule has 2 amide bonds. The van der Waals surface area contributed by atoms with Gasteiger partial charge in [0, 0.05) is 25.7 Å². The summed E-state index contributed by atoms with van der Waals surface area (Å²) >= 11 is 5.99. The Hall–Kier alpha value is -1.82. The van der Waals surface area contributed by atoms with Crippen LogP contribution in [0.4, 0.5) is 5.82 Å². The van der Waals surface area contributed by atoms with Gasteiger partial charge in [-0.15, -0.1) is 0 Å². The smallest absolute Gasteiger partial charge is 0.252 e. The average molecular weight is 313 g/mol. The van der Waals surface area contributed by atoms with Crippen molar-refractivity contribution in [2.45, 2.75) is 32.6 Å². The van der Waals surface area contributed by atoms with Gasteiger partial charge in [0.25, 0.3) is 5.91 Å². The summed E-state index contributed by atoms with van der Waals surface area (Å²) in [5.41, 5.74) is 5.43. The highest BCUT2D eigenvalue weighted by Crippen LogP contribution is 2.18. The Balaban J connectivity index is 2.50. The molecule has 21 heavy (non-hydrogen) atoms.